The van der Waals surface area contributed by atoms with E-state index in [0.29, 0.717) is 31.6 Å². The minimum Gasteiger partial charge on any atom is -0.395 e. The fraction of sp³-hybridized carbons (Fsp3) is 0.529. The van der Waals surface area contributed by atoms with Crippen LogP contribution in [-0.2, 0) is 4.74 Å². The predicted molar refractivity (Wildman–Crippen MR) is 90.7 cm³/mol. The maximum atomic E-state index is 13.2. The Balaban J connectivity index is 1.39. The Hall–Kier alpha value is -2.66. The first kappa shape index (κ1) is 18.7. The van der Waals surface area contributed by atoms with Gasteiger partial charge >= 0.3 is 18.4 Å². The third-order valence-corrected chi connectivity index (χ3v) is 4.87. The molecule has 0 aliphatic carbocycles. The SMILES string of the molecule is C[C@H](NC1NC(=O)N(C2CCOCC2)C(=O)N1)c1ccc2c(c1)OC(F)(F)O2. The minimum atomic E-state index is -3.68. The molecule has 0 aromatic heterocycles. The van der Waals surface area contributed by atoms with E-state index in [2.05, 4.69) is 25.4 Å². The van der Waals surface area contributed by atoms with Crippen molar-refractivity contribution in [3.8, 4) is 11.5 Å². The van der Waals surface area contributed by atoms with Crippen LogP contribution < -0.4 is 25.4 Å². The smallest absolute Gasteiger partial charge is 0.395 e. The van der Waals surface area contributed by atoms with E-state index in [1.165, 1.54) is 17.0 Å². The van der Waals surface area contributed by atoms with Crippen LogP contribution in [0.25, 0.3) is 0 Å². The lowest BCUT2D eigenvalue weighted by Gasteiger charge is -2.39. The lowest BCUT2D eigenvalue weighted by Crippen LogP contribution is -2.70. The van der Waals surface area contributed by atoms with Gasteiger partial charge in [0.15, 0.2) is 17.8 Å². The van der Waals surface area contributed by atoms with Gasteiger partial charge in [-0.15, -0.1) is 8.78 Å². The number of nitrogens with zero attached hydrogens (tertiary/aromatic N) is 1. The summed E-state index contributed by atoms with van der Waals surface area (Å²) in [5.74, 6) is -0.120. The van der Waals surface area contributed by atoms with Crippen LogP contribution >= 0.6 is 0 Å². The number of carbonyl (C=O) groups excluding carboxylic acids is 2. The van der Waals surface area contributed by atoms with E-state index in [0.717, 1.165) is 0 Å². The molecule has 4 amide bonds. The Morgan fingerprint density at radius 1 is 1.14 bits per heavy atom. The van der Waals surface area contributed by atoms with Gasteiger partial charge in [-0.05, 0) is 37.5 Å². The molecule has 4 rings (SSSR count). The largest absolute Gasteiger partial charge is 0.586 e. The topological polar surface area (TPSA) is 101 Å². The molecule has 1 aromatic rings. The molecule has 0 bridgehead atoms. The number of imide groups is 1. The highest BCUT2D eigenvalue weighted by atomic mass is 19.3. The van der Waals surface area contributed by atoms with Crippen LogP contribution in [0.15, 0.2) is 18.2 Å². The van der Waals surface area contributed by atoms with E-state index < -0.39 is 24.6 Å². The maximum absolute atomic E-state index is 13.2. The average molecular weight is 398 g/mol. The average Bonchev–Trinajstić information content (AvgIpc) is 2.94. The second-order valence-corrected chi connectivity index (χ2v) is 6.81. The molecule has 0 radical (unpaired) electrons. The van der Waals surface area contributed by atoms with Crippen LogP contribution in [0.3, 0.4) is 0 Å². The zero-order valence-corrected chi connectivity index (χ0v) is 15.0. The van der Waals surface area contributed by atoms with Gasteiger partial charge in [-0.1, -0.05) is 6.07 Å². The van der Waals surface area contributed by atoms with Crippen LogP contribution in [-0.4, -0.2) is 48.8 Å². The first-order valence-corrected chi connectivity index (χ1v) is 8.96. The van der Waals surface area contributed by atoms with Gasteiger partial charge < -0.3 is 24.8 Å². The number of nitrogens with one attached hydrogen (secondary N) is 3. The number of urea groups is 2. The van der Waals surface area contributed by atoms with Crippen molar-refractivity contribution in [2.24, 2.45) is 0 Å². The number of fused-ring (bicyclic) bond motifs is 1. The van der Waals surface area contributed by atoms with Gasteiger partial charge in [0.05, 0.1) is 0 Å². The van der Waals surface area contributed by atoms with Crippen molar-refractivity contribution >= 4 is 12.1 Å². The molecule has 1 aromatic carbocycles. The fourth-order valence-electron chi connectivity index (χ4n) is 3.45. The van der Waals surface area contributed by atoms with Crippen LogP contribution in [0.4, 0.5) is 18.4 Å². The quantitative estimate of drug-likeness (QED) is 0.716. The molecule has 0 saturated carbocycles. The van der Waals surface area contributed by atoms with E-state index in [1.54, 1.807) is 13.0 Å². The van der Waals surface area contributed by atoms with E-state index >= 15 is 0 Å². The van der Waals surface area contributed by atoms with Gasteiger partial charge in [0.2, 0.25) is 0 Å². The highest BCUT2D eigenvalue weighted by molar-refractivity contribution is 5.96. The highest BCUT2D eigenvalue weighted by Crippen LogP contribution is 2.42. The first-order valence-electron chi connectivity index (χ1n) is 8.96. The van der Waals surface area contributed by atoms with Gasteiger partial charge in [-0.3, -0.25) is 5.32 Å². The maximum Gasteiger partial charge on any atom is 0.586 e. The third-order valence-electron chi connectivity index (χ3n) is 4.87. The Labute approximate surface area is 159 Å². The van der Waals surface area contributed by atoms with Crippen molar-refractivity contribution in [2.75, 3.05) is 13.2 Å². The molecular weight excluding hydrogens is 378 g/mol. The van der Waals surface area contributed by atoms with Crippen molar-refractivity contribution in [3.05, 3.63) is 23.8 Å². The van der Waals surface area contributed by atoms with Gasteiger partial charge in [0.25, 0.3) is 0 Å². The fourth-order valence-corrected chi connectivity index (χ4v) is 3.45. The number of amides is 4. The molecule has 3 aliphatic heterocycles. The summed E-state index contributed by atoms with van der Waals surface area (Å²) in [6, 6.07) is 2.83. The summed E-state index contributed by atoms with van der Waals surface area (Å²) in [6.07, 6.45) is -3.30. The van der Waals surface area contributed by atoms with Crippen molar-refractivity contribution in [3.63, 3.8) is 0 Å². The van der Waals surface area contributed by atoms with E-state index in [1.807, 2.05) is 0 Å². The van der Waals surface area contributed by atoms with Crippen LogP contribution in [0.2, 0.25) is 0 Å². The summed E-state index contributed by atoms with van der Waals surface area (Å²) >= 11 is 0. The summed E-state index contributed by atoms with van der Waals surface area (Å²) in [5.41, 5.74) is 0.621. The summed E-state index contributed by atoms with van der Waals surface area (Å²) in [4.78, 5) is 26.0. The molecule has 3 N–H and O–H groups in total. The molecule has 9 nitrogen and oxygen atoms in total. The van der Waals surface area contributed by atoms with Gasteiger partial charge in [-0.2, -0.15) is 0 Å². The molecule has 3 aliphatic rings. The molecule has 0 unspecified atom stereocenters. The van der Waals surface area contributed by atoms with Crippen molar-refractivity contribution in [1.29, 1.82) is 0 Å². The molecule has 2 fully saturated rings. The van der Waals surface area contributed by atoms with Gasteiger partial charge in [0.1, 0.15) is 0 Å². The van der Waals surface area contributed by atoms with Crippen LogP contribution in [0, 0.1) is 0 Å². The van der Waals surface area contributed by atoms with Crippen molar-refractivity contribution < 1.29 is 32.6 Å². The second kappa shape index (κ2) is 7.06. The molecule has 11 heteroatoms. The number of hydrogen-bond acceptors (Lipinski definition) is 6. The number of ether oxygens (including phenoxy) is 3. The van der Waals surface area contributed by atoms with E-state index in [4.69, 9.17) is 4.74 Å². The molecule has 2 saturated heterocycles. The number of halogens is 2. The zero-order chi connectivity index (χ0) is 19.9. The molecule has 28 heavy (non-hydrogen) atoms. The van der Waals surface area contributed by atoms with Crippen molar-refractivity contribution in [1.82, 2.24) is 20.9 Å². The lowest BCUT2D eigenvalue weighted by atomic mass is 10.1. The second-order valence-electron chi connectivity index (χ2n) is 6.81. The Kier molecular flexibility index (Phi) is 4.71. The summed E-state index contributed by atoms with van der Waals surface area (Å²) in [7, 11) is 0. The lowest BCUT2D eigenvalue weighted by molar-refractivity contribution is -0.286. The summed E-state index contributed by atoms with van der Waals surface area (Å²) in [5, 5.41) is 8.41. The zero-order valence-electron chi connectivity index (χ0n) is 15.0. The third kappa shape index (κ3) is 3.67. The number of rotatable bonds is 4. The number of carbonyl (C=O) groups is 2. The Morgan fingerprint density at radius 2 is 1.79 bits per heavy atom. The van der Waals surface area contributed by atoms with Gasteiger partial charge in [-0.25, -0.2) is 14.5 Å². The van der Waals surface area contributed by atoms with Gasteiger partial charge in [0, 0.05) is 25.3 Å². The molecule has 152 valence electrons. The summed E-state index contributed by atoms with van der Waals surface area (Å²) in [6.45, 7) is 2.77. The molecular formula is C17H20F2N4O5. The Bertz CT molecular complexity index is 769. The first-order chi connectivity index (χ1) is 13.3. The van der Waals surface area contributed by atoms with Crippen LogP contribution in [0.5, 0.6) is 11.5 Å². The molecule has 1 atom stereocenters. The van der Waals surface area contributed by atoms with Crippen LogP contribution in [0.1, 0.15) is 31.4 Å². The van der Waals surface area contributed by atoms with Crippen molar-refractivity contribution in [2.45, 2.75) is 44.4 Å². The predicted octanol–water partition coefficient (Wildman–Crippen LogP) is 1.86. The standard InChI is InChI=1S/C17H20F2N4O5/c1-9(10-2-3-12-13(8-10)28-17(18,19)27-12)20-14-21-15(24)23(16(25)22-14)11-4-6-26-7-5-11/h2-3,8-9,11,14,20H,4-7H2,1H3,(H,21,24)(H,22,25)/t9-/m0/s1. The van der Waals surface area contributed by atoms with E-state index in [-0.39, 0.29) is 23.6 Å². The molecule has 0 spiro atoms. The number of alkyl halides is 2. The monoisotopic (exact) mass is 398 g/mol. The minimum absolute atomic E-state index is 0.0488. The number of hydrogen-bond donors (Lipinski definition) is 3. The molecule has 3 heterocycles. The Morgan fingerprint density at radius 3 is 2.46 bits per heavy atom. The number of benzene rings is 1. The normalized spacial score (nSPS) is 23.3. The highest BCUT2D eigenvalue weighted by Gasteiger charge is 2.43. The summed E-state index contributed by atoms with van der Waals surface area (Å²) < 4.78 is 40.4. The van der Waals surface area contributed by atoms with E-state index in [9.17, 15) is 18.4 Å².